The van der Waals surface area contributed by atoms with Gasteiger partial charge in [0.15, 0.2) is 0 Å². The molecule has 0 spiro atoms. The Morgan fingerprint density at radius 3 is 2.58 bits per heavy atom. The smallest absolute Gasteiger partial charge is 0.135 e. The molecule has 1 aliphatic rings. The molecule has 0 aromatic carbocycles. The summed E-state index contributed by atoms with van der Waals surface area (Å²) in [4.78, 5) is 11.1. The van der Waals surface area contributed by atoms with Gasteiger partial charge >= 0.3 is 0 Å². The van der Waals surface area contributed by atoms with E-state index in [4.69, 9.17) is 4.74 Å². The van der Waals surface area contributed by atoms with E-state index in [1.54, 1.807) is 0 Å². The normalized spacial score (nSPS) is 25.9. The average Bonchev–Trinajstić information content (AvgIpc) is 1.82. The van der Waals surface area contributed by atoms with E-state index >= 15 is 0 Å². The Kier molecular flexibility index (Phi) is 2.89. The summed E-state index contributed by atoms with van der Waals surface area (Å²) in [6.07, 6.45) is 3.59. The van der Waals surface area contributed by atoms with Crippen LogP contribution in [0.3, 0.4) is 0 Å². The molecule has 0 heterocycles. The summed E-state index contributed by atoms with van der Waals surface area (Å²) >= 11 is 0. The predicted octanol–water partition coefficient (Wildman–Crippen LogP) is 2.31. The van der Waals surface area contributed by atoms with Crippen molar-refractivity contribution in [2.45, 2.75) is 58.2 Å². The van der Waals surface area contributed by atoms with Gasteiger partial charge in [-0.25, -0.2) is 0 Å². The lowest BCUT2D eigenvalue weighted by atomic mass is 9.96. The van der Waals surface area contributed by atoms with E-state index in [1.807, 2.05) is 20.8 Å². The Morgan fingerprint density at radius 1 is 1.42 bits per heavy atom. The summed E-state index contributed by atoms with van der Waals surface area (Å²) in [7, 11) is 0. The van der Waals surface area contributed by atoms with E-state index in [0.29, 0.717) is 12.2 Å². The first-order valence-corrected chi connectivity index (χ1v) is 4.67. The van der Waals surface area contributed by atoms with Crippen LogP contribution in [-0.2, 0) is 9.53 Å². The van der Waals surface area contributed by atoms with Crippen molar-refractivity contribution in [3.8, 4) is 0 Å². The van der Waals surface area contributed by atoms with E-state index in [9.17, 15) is 4.79 Å². The fourth-order valence-corrected chi connectivity index (χ4v) is 1.59. The van der Waals surface area contributed by atoms with Crippen LogP contribution in [-0.4, -0.2) is 17.5 Å². The molecule has 2 heteroatoms. The topological polar surface area (TPSA) is 26.3 Å². The number of hydrogen-bond acceptors (Lipinski definition) is 2. The van der Waals surface area contributed by atoms with Gasteiger partial charge in [0.1, 0.15) is 5.78 Å². The molecule has 2 nitrogen and oxygen atoms in total. The van der Waals surface area contributed by atoms with Crippen molar-refractivity contribution in [3.63, 3.8) is 0 Å². The second-order valence-electron chi connectivity index (χ2n) is 4.49. The summed E-state index contributed by atoms with van der Waals surface area (Å²) < 4.78 is 5.73. The van der Waals surface area contributed by atoms with Crippen molar-refractivity contribution in [3.05, 3.63) is 0 Å². The number of carbonyl (C=O) groups excluding carboxylic acids is 1. The lowest BCUT2D eigenvalue weighted by Gasteiger charge is -2.29. The third-order valence-electron chi connectivity index (χ3n) is 1.96. The lowest BCUT2D eigenvalue weighted by Crippen LogP contribution is -2.31. The summed E-state index contributed by atoms with van der Waals surface area (Å²) in [5.74, 6) is 0.357. The highest BCUT2D eigenvalue weighted by Crippen LogP contribution is 2.22. The van der Waals surface area contributed by atoms with Gasteiger partial charge in [-0.15, -0.1) is 0 Å². The molecule has 0 bridgehead atoms. The Balaban J connectivity index is 2.37. The van der Waals surface area contributed by atoms with Crippen LogP contribution in [0.1, 0.15) is 46.5 Å². The Hall–Kier alpha value is -0.370. The zero-order valence-corrected chi connectivity index (χ0v) is 8.22. The zero-order chi connectivity index (χ0) is 9.19. The van der Waals surface area contributed by atoms with Gasteiger partial charge in [-0.05, 0) is 33.6 Å². The highest BCUT2D eigenvalue weighted by Gasteiger charge is 2.24. The maximum atomic E-state index is 11.1. The predicted molar refractivity (Wildman–Crippen MR) is 48.1 cm³/mol. The Morgan fingerprint density at radius 2 is 2.08 bits per heavy atom. The van der Waals surface area contributed by atoms with Crippen molar-refractivity contribution in [1.82, 2.24) is 0 Å². The van der Waals surface area contributed by atoms with Gasteiger partial charge in [0.2, 0.25) is 0 Å². The molecular weight excluding hydrogens is 152 g/mol. The molecule has 0 aliphatic heterocycles. The van der Waals surface area contributed by atoms with Gasteiger partial charge in [0.05, 0.1) is 11.7 Å². The van der Waals surface area contributed by atoms with Crippen molar-refractivity contribution in [2.24, 2.45) is 0 Å². The van der Waals surface area contributed by atoms with Crippen molar-refractivity contribution < 1.29 is 9.53 Å². The van der Waals surface area contributed by atoms with Crippen molar-refractivity contribution in [2.75, 3.05) is 0 Å². The number of carbonyl (C=O) groups is 1. The molecular formula is C10H18O2. The molecule has 0 aromatic heterocycles. The monoisotopic (exact) mass is 170 g/mol. The third kappa shape index (κ3) is 3.35. The molecule has 0 radical (unpaired) electrons. The Labute approximate surface area is 74.3 Å². The number of rotatable bonds is 1. The molecule has 0 saturated heterocycles. The summed E-state index contributed by atoms with van der Waals surface area (Å²) in [6, 6.07) is 0. The minimum Gasteiger partial charge on any atom is -0.372 e. The highest BCUT2D eigenvalue weighted by molar-refractivity contribution is 5.79. The molecule has 1 saturated carbocycles. The molecule has 1 atom stereocenters. The van der Waals surface area contributed by atoms with Gasteiger partial charge < -0.3 is 4.74 Å². The molecule has 1 rings (SSSR count). The quantitative estimate of drug-likeness (QED) is 0.603. The molecule has 12 heavy (non-hydrogen) atoms. The second kappa shape index (κ2) is 3.56. The van der Waals surface area contributed by atoms with E-state index in [-0.39, 0.29) is 11.7 Å². The van der Waals surface area contributed by atoms with Crippen LogP contribution in [0.5, 0.6) is 0 Å². The van der Waals surface area contributed by atoms with Gasteiger partial charge in [-0.3, -0.25) is 4.79 Å². The number of ketones is 1. The number of ether oxygens (including phenoxy) is 1. The molecule has 1 fully saturated rings. The van der Waals surface area contributed by atoms with Crippen LogP contribution < -0.4 is 0 Å². The standard InChI is InChI=1S/C10H18O2/c1-10(2,3)12-9-6-4-5-8(11)7-9/h9H,4-7H2,1-3H3. The van der Waals surface area contributed by atoms with Crippen LogP contribution in [0, 0.1) is 0 Å². The summed E-state index contributed by atoms with van der Waals surface area (Å²) in [6.45, 7) is 6.10. The van der Waals surface area contributed by atoms with Crippen molar-refractivity contribution >= 4 is 5.78 Å². The van der Waals surface area contributed by atoms with Crippen LogP contribution >= 0.6 is 0 Å². The zero-order valence-electron chi connectivity index (χ0n) is 8.22. The second-order valence-corrected chi connectivity index (χ2v) is 4.49. The molecule has 70 valence electrons. The highest BCUT2D eigenvalue weighted by atomic mass is 16.5. The Bertz CT molecular complexity index is 167. The van der Waals surface area contributed by atoms with Crippen LogP contribution in [0.15, 0.2) is 0 Å². The molecule has 1 unspecified atom stereocenters. The fourth-order valence-electron chi connectivity index (χ4n) is 1.59. The minimum atomic E-state index is -0.109. The first-order valence-electron chi connectivity index (χ1n) is 4.67. The number of hydrogen-bond donors (Lipinski definition) is 0. The SMILES string of the molecule is CC(C)(C)OC1CCCC(=O)C1. The van der Waals surface area contributed by atoms with Crippen molar-refractivity contribution in [1.29, 1.82) is 0 Å². The molecule has 0 amide bonds. The summed E-state index contributed by atoms with van der Waals surface area (Å²) in [5.41, 5.74) is -0.109. The van der Waals surface area contributed by atoms with Gasteiger partial charge in [0.25, 0.3) is 0 Å². The van der Waals surface area contributed by atoms with Gasteiger partial charge in [0, 0.05) is 12.8 Å². The summed E-state index contributed by atoms with van der Waals surface area (Å²) in [5, 5.41) is 0. The van der Waals surface area contributed by atoms with E-state index < -0.39 is 0 Å². The molecule has 1 aliphatic carbocycles. The van der Waals surface area contributed by atoms with E-state index in [0.717, 1.165) is 19.3 Å². The largest absolute Gasteiger partial charge is 0.372 e. The lowest BCUT2D eigenvalue weighted by molar-refractivity contribution is -0.129. The van der Waals surface area contributed by atoms with Crippen LogP contribution in [0.2, 0.25) is 0 Å². The van der Waals surface area contributed by atoms with Gasteiger partial charge in [-0.2, -0.15) is 0 Å². The van der Waals surface area contributed by atoms with E-state index in [2.05, 4.69) is 0 Å². The fraction of sp³-hybridized carbons (Fsp3) is 0.900. The molecule has 0 N–H and O–H groups in total. The van der Waals surface area contributed by atoms with E-state index in [1.165, 1.54) is 0 Å². The number of Topliss-reactive ketones (excluding diaryl/α,β-unsaturated/α-hetero) is 1. The third-order valence-corrected chi connectivity index (χ3v) is 1.96. The van der Waals surface area contributed by atoms with Crippen LogP contribution in [0.25, 0.3) is 0 Å². The average molecular weight is 170 g/mol. The molecule has 0 aromatic rings. The maximum Gasteiger partial charge on any atom is 0.135 e. The maximum absolute atomic E-state index is 11.1. The van der Waals surface area contributed by atoms with Crippen LogP contribution in [0.4, 0.5) is 0 Å². The van der Waals surface area contributed by atoms with Gasteiger partial charge in [-0.1, -0.05) is 0 Å². The minimum absolute atomic E-state index is 0.109. The first kappa shape index (κ1) is 9.72. The first-order chi connectivity index (χ1) is 5.47.